The number of hydrogen-bond acceptors (Lipinski definition) is 4. The average molecular weight is 381 g/mol. The first-order chi connectivity index (χ1) is 13.4. The van der Waals surface area contributed by atoms with Gasteiger partial charge in [0.2, 0.25) is 5.91 Å². The van der Waals surface area contributed by atoms with Crippen molar-refractivity contribution in [1.82, 2.24) is 0 Å². The lowest BCUT2D eigenvalue weighted by atomic mass is 10.0. The van der Waals surface area contributed by atoms with Gasteiger partial charge >= 0.3 is 5.97 Å². The highest BCUT2D eigenvalue weighted by Gasteiger charge is 2.37. The highest BCUT2D eigenvalue weighted by atomic mass is 16.5. The molecule has 0 radical (unpaired) electrons. The number of hydrogen-bond donors (Lipinski definition) is 0. The predicted molar refractivity (Wildman–Crippen MR) is 109 cm³/mol. The summed E-state index contributed by atoms with van der Waals surface area (Å²) < 4.78 is 11.4. The summed E-state index contributed by atoms with van der Waals surface area (Å²) in [5, 5.41) is 0. The third kappa shape index (κ3) is 4.19. The van der Waals surface area contributed by atoms with Crippen molar-refractivity contribution < 1.29 is 19.1 Å². The molecule has 0 bridgehead atoms. The summed E-state index contributed by atoms with van der Waals surface area (Å²) in [5.41, 5.74) is 2.71. The van der Waals surface area contributed by atoms with Crippen LogP contribution in [0.1, 0.15) is 44.2 Å². The molecular weight excluding hydrogens is 354 g/mol. The topological polar surface area (TPSA) is 55.8 Å². The first kappa shape index (κ1) is 19.9. The van der Waals surface area contributed by atoms with Crippen molar-refractivity contribution >= 4 is 17.6 Å². The normalized spacial score (nSPS) is 16.5. The van der Waals surface area contributed by atoms with Crippen molar-refractivity contribution in [3.8, 4) is 11.5 Å². The fraction of sp³-hybridized carbons (Fsp3) is 0.391. The van der Waals surface area contributed by atoms with Gasteiger partial charge in [0.05, 0.1) is 18.2 Å². The Labute approximate surface area is 166 Å². The molecule has 0 aromatic heterocycles. The lowest BCUT2D eigenvalue weighted by Crippen LogP contribution is -2.27. The number of anilines is 1. The van der Waals surface area contributed by atoms with Crippen LogP contribution in [0.2, 0.25) is 0 Å². The number of nitrogens with zero attached hydrogens (tertiary/aromatic N) is 1. The van der Waals surface area contributed by atoms with E-state index in [9.17, 15) is 9.59 Å². The Kier molecular flexibility index (Phi) is 6.02. The molecule has 2 aromatic rings. The Morgan fingerprint density at radius 1 is 1.18 bits per heavy atom. The summed E-state index contributed by atoms with van der Waals surface area (Å²) in [6, 6.07) is 13.3. The summed E-state index contributed by atoms with van der Waals surface area (Å²) in [6.07, 6.45) is 0.141. The van der Waals surface area contributed by atoms with E-state index in [2.05, 4.69) is 13.8 Å². The van der Waals surface area contributed by atoms with Crippen LogP contribution in [0.25, 0.3) is 0 Å². The van der Waals surface area contributed by atoms with E-state index < -0.39 is 5.92 Å². The fourth-order valence-electron chi connectivity index (χ4n) is 3.45. The molecular formula is C23H27NO4. The third-order valence-corrected chi connectivity index (χ3v) is 4.92. The van der Waals surface area contributed by atoms with Gasteiger partial charge in [0.25, 0.3) is 0 Å². The van der Waals surface area contributed by atoms with Crippen molar-refractivity contribution in [3.05, 3.63) is 53.6 Å². The van der Waals surface area contributed by atoms with Crippen molar-refractivity contribution in [1.29, 1.82) is 0 Å². The molecule has 1 heterocycles. The van der Waals surface area contributed by atoms with Crippen LogP contribution in [0.15, 0.2) is 42.5 Å². The van der Waals surface area contributed by atoms with Crippen LogP contribution in [-0.2, 0) is 9.59 Å². The third-order valence-electron chi connectivity index (χ3n) is 4.92. The number of para-hydroxylation sites is 2. The van der Waals surface area contributed by atoms with Crippen molar-refractivity contribution in [2.45, 2.75) is 40.0 Å². The molecule has 1 fully saturated rings. The van der Waals surface area contributed by atoms with Crippen LogP contribution < -0.4 is 14.4 Å². The monoisotopic (exact) mass is 381 g/mol. The maximum atomic E-state index is 12.8. The molecule has 0 aliphatic carbocycles. The molecule has 148 valence electrons. The molecule has 0 N–H and O–H groups in total. The molecule has 5 heteroatoms. The van der Waals surface area contributed by atoms with E-state index in [1.807, 2.05) is 56.3 Å². The number of ether oxygens (including phenoxy) is 2. The van der Waals surface area contributed by atoms with Gasteiger partial charge in [-0.05, 0) is 49.1 Å². The van der Waals surface area contributed by atoms with Gasteiger partial charge in [0, 0.05) is 13.0 Å². The average Bonchev–Trinajstić information content (AvgIpc) is 3.04. The van der Waals surface area contributed by atoms with Crippen molar-refractivity contribution in [2.75, 3.05) is 18.1 Å². The summed E-state index contributed by atoms with van der Waals surface area (Å²) in [6.45, 7) is 8.80. The quantitative estimate of drug-likeness (QED) is 0.547. The minimum absolute atomic E-state index is 0.0950. The molecule has 1 aliphatic rings. The molecule has 0 saturated carbocycles. The number of amides is 1. The lowest BCUT2D eigenvalue weighted by Gasteiger charge is -2.20. The minimum atomic E-state index is -0.497. The Bertz CT molecular complexity index is 875. The van der Waals surface area contributed by atoms with Gasteiger partial charge in [-0.1, -0.05) is 38.1 Å². The number of carbonyl (C=O) groups excluding carboxylic acids is 2. The van der Waals surface area contributed by atoms with Crippen molar-refractivity contribution in [3.63, 3.8) is 0 Å². The predicted octanol–water partition coefficient (Wildman–Crippen LogP) is 4.48. The first-order valence-electron chi connectivity index (χ1n) is 9.75. The van der Waals surface area contributed by atoms with E-state index in [0.717, 1.165) is 11.1 Å². The van der Waals surface area contributed by atoms with Gasteiger partial charge in [-0.2, -0.15) is 0 Å². The van der Waals surface area contributed by atoms with Crippen LogP contribution in [0, 0.1) is 12.8 Å². The molecule has 1 atom stereocenters. The standard InChI is InChI=1S/C23H27NO4/c1-5-27-20-9-7-6-8-19(20)24-14-17(13-22(24)25)23(26)28-21-12-16(4)10-11-18(21)15(2)3/h6-12,15,17H,5,13-14H2,1-4H3/t17-/m0/s1. The minimum Gasteiger partial charge on any atom is -0.492 e. The number of esters is 1. The second-order valence-electron chi connectivity index (χ2n) is 7.42. The van der Waals surface area contributed by atoms with E-state index in [0.29, 0.717) is 30.3 Å². The van der Waals surface area contributed by atoms with E-state index in [-0.39, 0.29) is 24.2 Å². The SMILES string of the molecule is CCOc1ccccc1N1C[C@@H](C(=O)Oc2cc(C)ccc2C(C)C)CC1=O. The van der Waals surface area contributed by atoms with Gasteiger partial charge in [0.1, 0.15) is 11.5 Å². The number of aryl methyl sites for hydroxylation is 1. The largest absolute Gasteiger partial charge is 0.492 e. The number of rotatable bonds is 6. The van der Waals surface area contributed by atoms with Gasteiger partial charge < -0.3 is 14.4 Å². The van der Waals surface area contributed by atoms with E-state index in [1.165, 1.54) is 0 Å². The van der Waals surface area contributed by atoms with Crippen LogP contribution in [0.4, 0.5) is 5.69 Å². The molecule has 5 nitrogen and oxygen atoms in total. The second kappa shape index (κ2) is 8.46. The number of benzene rings is 2. The molecule has 0 spiro atoms. The Balaban J connectivity index is 1.77. The zero-order valence-electron chi connectivity index (χ0n) is 16.9. The Morgan fingerprint density at radius 2 is 1.93 bits per heavy atom. The molecule has 1 amide bonds. The Hall–Kier alpha value is -2.82. The molecule has 1 aliphatic heterocycles. The van der Waals surface area contributed by atoms with Crippen molar-refractivity contribution in [2.24, 2.45) is 5.92 Å². The zero-order valence-corrected chi connectivity index (χ0v) is 16.9. The van der Waals surface area contributed by atoms with Crippen LogP contribution >= 0.6 is 0 Å². The molecule has 2 aromatic carbocycles. The van der Waals surface area contributed by atoms with Gasteiger partial charge in [-0.25, -0.2) is 0 Å². The summed E-state index contributed by atoms with van der Waals surface area (Å²) >= 11 is 0. The number of carbonyl (C=O) groups is 2. The van der Waals surface area contributed by atoms with Gasteiger partial charge in [-0.3, -0.25) is 9.59 Å². The van der Waals surface area contributed by atoms with E-state index >= 15 is 0 Å². The van der Waals surface area contributed by atoms with Gasteiger partial charge in [-0.15, -0.1) is 0 Å². The first-order valence-corrected chi connectivity index (χ1v) is 9.75. The van der Waals surface area contributed by atoms with Crippen LogP contribution in [0.3, 0.4) is 0 Å². The smallest absolute Gasteiger partial charge is 0.316 e. The highest BCUT2D eigenvalue weighted by molar-refractivity contribution is 6.00. The summed E-state index contributed by atoms with van der Waals surface area (Å²) in [5.74, 6) is 0.513. The maximum Gasteiger partial charge on any atom is 0.316 e. The van der Waals surface area contributed by atoms with Gasteiger partial charge in [0.15, 0.2) is 0 Å². The Morgan fingerprint density at radius 3 is 2.64 bits per heavy atom. The zero-order chi connectivity index (χ0) is 20.3. The molecule has 28 heavy (non-hydrogen) atoms. The highest BCUT2D eigenvalue weighted by Crippen LogP contribution is 2.34. The van der Waals surface area contributed by atoms with E-state index in [1.54, 1.807) is 4.90 Å². The maximum absolute atomic E-state index is 12.8. The summed E-state index contributed by atoms with van der Waals surface area (Å²) in [7, 11) is 0. The fourth-order valence-corrected chi connectivity index (χ4v) is 3.45. The molecule has 0 unspecified atom stereocenters. The molecule has 1 saturated heterocycles. The van der Waals surface area contributed by atoms with E-state index in [4.69, 9.17) is 9.47 Å². The second-order valence-corrected chi connectivity index (χ2v) is 7.42. The lowest BCUT2D eigenvalue weighted by molar-refractivity contribution is -0.139. The molecule has 3 rings (SSSR count). The van der Waals surface area contributed by atoms with Crippen LogP contribution in [-0.4, -0.2) is 25.0 Å². The summed E-state index contributed by atoms with van der Waals surface area (Å²) in [4.78, 5) is 27.0. The van der Waals surface area contributed by atoms with Crippen LogP contribution in [0.5, 0.6) is 11.5 Å².